The number of hydrogen-bond donors (Lipinski definition) is 0. The van der Waals surface area contributed by atoms with E-state index in [1.165, 1.54) is 22.3 Å². The fourth-order valence-corrected chi connectivity index (χ4v) is 4.87. The van der Waals surface area contributed by atoms with E-state index in [1.807, 2.05) is 24.3 Å². The van der Waals surface area contributed by atoms with E-state index in [0.29, 0.717) is 23.9 Å². The van der Waals surface area contributed by atoms with Crippen molar-refractivity contribution in [1.29, 1.82) is 0 Å². The van der Waals surface area contributed by atoms with Crippen LogP contribution in [0.3, 0.4) is 0 Å². The van der Waals surface area contributed by atoms with E-state index < -0.39 is 0 Å². The molecule has 0 unspecified atom stereocenters. The fourth-order valence-electron chi connectivity index (χ4n) is 4.87. The fraction of sp³-hybridized carbons (Fsp3) is 0.269. The Kier molecular flexibility index (Phi) is 5.11. The minimum atomic E-state index is 0.123. The zero-order valence-corrected chi connectivity index (χ0v) is 17.3. The lowest BCUT2D eigenvalue weighted by atomic mass is 10.0. The number of piperazine rings is 1. The van der Waals surface area contributed by atoms with Gasteiger partial charge in [-0.25, -0.2) is 0 Å². The van der Waals surface area contributed by atoms with Crippen LogP contribution in [0.4, 0.5) is 0 Å². The monoisotopic (exact) mass is 398 g/mol. The molecule has 4 nitrogen and oxygen atoms in total. The summed E-state index contributed by atoms with van der Waals surface area (Å²) in [4.78, 5) is 17.6. The predicted octanol–water partition coefficient (Wildman–Crippen LogP) is 4.27. The molecular formula is C26H26N2O2. The summed E-state index contributed by atoms with van der Waals surface area (Å²) in [5.41, 5.74) is 6.18. The zero-order chi connectivity index (χ0) is 20.5. The minimum Gasteiger partial charge on any atom is -0.496 e. The smallest absolute Gasteiger partial charge is 0.180 e. The normalized spacial score (nSPS) is 16.8. The molecule has 3 aromatic rings. The molecule has 2 aliphatic rings. The van der Waals surface area contributed by atoms with Crippen LogP contribution in [0.1, 0.15) is 27.5 Å². The number of ether oxygens (including phenoxy) is 1. The maximum absolute atomic E-state index is 12.8. The second-order valence-electron chi connectivity index (χ2n) is 8.01. The molecule has 1 heterocycles. The predicted molar refractivity (Wildman–Crippen MR) is 119 cm³/mol. The van der Waals surface area contributed by atoms with Crippen molar-refractivity contribution in [1.82, 2.24) is 9.80 Å². The van der Waals surface area contributed by atoms with Crippen molar-refractivity contribution in [3.63, 3.8) is 0 Å². The van der Waals surface area contributed by atoms with Crippen molar-refractivity contribution in [3.8, 4) is 16.9 Å². The lowest BCUT2D eigenvalue weighted by Crippen LogP contribution is -2.48. The molecule has 1 aliphatic heterocycles. The topological polar surface area (TPSA) is 32.8 Å². The highest BCUT2D eigenvalue weighted by molar-refractivity contribution is 6.00. The highest BCUT2D eigenvalue weighted by atomic mass is 16.5. The van der Waals surface area contributed by atoms with Crippen molar-refractivity contribution < 1.29 is 9.53 Å². The molecule has 0 radical (unpaired) electrons. The lowest BCUT2D eigenvalue weighted by Gasteiger charge is -2.38. The van der Waals surface area contributed by atoms with Crippen LogP contribution in [0.15, 0.2) is 72.8 Å². The van der Waals surface area contributed by atoms with Crippen LogP contribution >= 0.6 is 0 Å². The first-order valence-electron chi connectivity index (χ1n) is 10.6. The van der Waals surface area contributed by atoms with Gasteiger partial charge in [-0.05, 0) is 34.4 Å². The van der Waals surface area contributed by atoms with Gasteiger partial charge >= 0.3 is 0 Å². The molecule has 5 rings (SSSR count). The summed E-state index contributed by atoms with van der Waals surface area (Å²) in [6.45, 7) is 4.12. The first-order valence-corrected chi connectivity index (χ1v) is 10.6. The molecule has 152 valence electrons. The van der Waals surface area contributed by atoms with Crippen LogP contribution < -0.4 is 4.74 Å². The lowest BCUT2D eigenvalue weighted by molar-refractivity contribution is 0.0809. The molecule has 0 saturated carbocycles. The number of Topliss-reactive ketones (excluding diaryl/α,β-unsaturated/α-hetero) is 1. The maximum Gasteiger partial charge on any atom is 0.180 e. The van der Waals surface area contributed by atoms with Crippen LogP contribution in [0, 0.1) is 0 Å². The van der Waals surface area contributed by atoms with Gasteiger partial charge in [0.2, 0.25) is 0 Å². The number of methoxy groups -OCH3 is 1. The number of fused-ring (bicyclic) bond motifs is 3. The highest BCUT2D eigenvalue weighted by Crippen LogP contribution is 2.46. The van der Waals surface area contributed by atoms with Crippen LogP contribution in [0.5, 0.6) is 5.75 Å². The number of para-hydroxylation sites is 1. The Morgan fingerprint density at radius 3 is 2.03 bits per heavy atom. The second kappa shape index (κ2) is 8.05. The summed E-state index contributed by atoms with van der Waals surface area (Å²) in [7, 11) is 1.61. The van der Waals surface area contributed by atoms with Gasteiger partial charge in [0.1, 0.15) is 5.75 Å². The van der Waals surface area contributed by atoms with Gasteiger partial charge in [-0.2, -0.15) is 0 Å². The SMILES string of the molecule is COc1ccccc1C(=O)CN1CCN(C2c3ccccc3-c3ccccc32)CC1. The zero-order valence-electron chi connectivity index (χ0n) is 17.3. The summed E-state index contributed by atoms with van der Waals surface area (Å²) >= 11 is 0. The van der Waals surface area contributed by atoms with E-state index in [1.54, 1.807) is 7.11 Å². The van der Waals surface area contributed by atoms with Gasteiger partial charge in [-0.1, -0.05) is 60.7 Å². The van der Waals surface area contributed by atoms with Crippen LogP contribution in [-0.2, 0) is 0 Å². The minimum absolute atomic E-state index is 0.123. The molecule has 0 aromatic heterocycles. The van der Waals surface area contributed by atoms with E-state index in [2.05, 4.69) is 58.3 Å². The van der Waals surface area contributed by atoms with Gasteiger partial charge in [0.15, 0.2) is 5.78 Å². The Balaban J connectivity index is 1.29. The number of rotatable bonds is 5. The third kappa shape index (κ3) is 3.32. The van der Waals surface area contributed by atoms with Crippen LogP contribution in [-0.4, -0.2) is 55.4 Å². The molecule has 3 aromatic carbocycles. The van der Waals surface area contributed by atoms with Gasteiger partial charge < -0.3 is 4.74 Å². The Hall–Kier alpha value is -2.95. The first kappa shape index (κ1) is 19.0. The molecule has 0 spiro atoms. The largest absolute Gasteiger partial charge is 0.496 e. The Labute approximate surface area is 177 Å². The average molecular weight is 399 g/mol. The molecule has 30 heavy (non-hydrogen) atoms. The van der Waals surface area contributed by atoms with E-state index in [9.17, 15) is 4.79 Å². The van der Waals surface area contributed by atoms with Crippen molar-refractivity contribution >= 4 is 5.78 Å². The summed E-state index contributed by atoms with van der Waals surface area (Å²) in [5, 5.41) is 0. The third-order valence-corrected chi connectivity index (χ3v) is 6.35. The summed E-state index contributed by atoms with van der Waals surface area (Å²) in [6, 6.07) is 25.3. The molecule has 1 aliphatic carbocycles. The summed E-state index contributed by atoms with van der Waals surface area (Å²) < 4.78 is 5.36. The van der Waals surface area contributed by atoms with E-state index >= 15 is 0 Å². The molecule has 0 atom stereocenters. The number of nitrogens with zero attached hydrogens (tertiary/aromatic N) is 2. The van der Waals surface area contributed by atoms with Crippen molar-refractivity contribution in [2.45, 2.75) is 6.04 Å². The number of carbonyl (C=O) groups excluding carboxylic acids is 1. The van der Waals surface area contributed by atoms with Gasteiger partial charge in [0, 0.05) is 26.2 Å². The molecule has 1 fully saturated rings. The van der Waals surface area contributed by atoms with E-state index in [4.69, 9.17) is 4.74 Å². The average Bonchev–Trinajstić information content (AvgIpc) is 3.14. The Bertz CT molecular complexity index is 1020. The van der Waals surface area contributed by atoms with E-state index in [0.717, 1.165) is 26.2 Å². The van der Waals surface area contributed by atoms with Gasteiger partial charge in [-0.15, -0.1) is 0 Å². The van der Waals surface area contributed by atoms with Crippen LogP contribution in [0.25, 0.3) is 11.1 Å². The Morgan fingerprint density at radius 2 is 1.40 bits per heavy atom. The van der Waals surface area contributed by atoms with E-state index in [-0.39, 0.29) is 5.78 Å². The third-order valence-electron chi connectivity index (χ3n) is 6.35. The van der Waals surface area contributed by atoms with Gasteiger partial charge in [0.05, 0.1) is 25.3 Å². The molecule has 4 heteroatoms. The number of hydrogen-bond acceptors (Lipinski definition) is 4. The number of benzene rings is 3. The first-order chi connectivity index (χ1) is 14.8. The highest BCUT2D eigenvalue weighted by Gasteiger charge is 2.34. The van der Waals surface area contributed by atoms with Gasteiger partial charge in [-0.3, -0.25) is 14.6 Å². The number of ketones is 1. The molecule has 0 N–H and O–H groups in total. The van der Waals surface area contributed by atoms with Crippen molar-refractivity contribution in [3.05, 3.63) is 89.5 Å². The van der Waals surface area contributed by atoms with Crippen molar-refractivity contribution in [2.75, 3.05) is 39.8 Å². The molecule has 0 amide bonds. The number of carbonyl (C=O) groups is 1. The Morgan fingerprint density at radius 1 is 0.833 bits per heavy atom. The second-order valence-corrected chi connectivity index (χ2v) is 8.01. The van der Waals surface area contributed by atoms with Gasteiger partial charge in [0.25, 0.3) is 0 Å². The van der Waals surface area contributed by atoms with Crippen LogP contribution in [0.2, 0.25) is 0 Å². The molecule has 0 bridgehead atoms. The molecular weight excluding hydrogens is 372 g/mol. The van der Waals surface area contributed by atoms with Crippen molar-refractivity contribution in [2.24, 2.45) is 0 Å². The summed E-state index contributed by atoms with van der Waals surface area (Å²) in [6.07, 6.45) is 0. The molecule has 1 saturated heterocycles. The summed E-state index contributed by atoms with van der Waals surface area (Å²) in [5.74, 6) is 0.776. The quantitative estimate of drug-likeness (QED) is 0.601. The standard InChI is InChI=1S/C26H26N2O2/c1-30-25-13-7-6-12-23(25)24(29)18-27-14-16-28(17-15-27)26-21-10-4-2-8-19(21)20-9-3-5-11-22(20)26/h2-13,26H,14-18H2,1H3. The maximum atomic E-state index is 12.8.